The van der Waals surface area contributed by atoms with Gasteiger partial charge in [0.05, 0.1) is 26.4 Å². The molecule has 0 aliphatic rings. The molecule has 0 fully saturated rings. The van der Waals surface area contributed by atoms with Crippen LogP contribution in [0.4, 0.5) is 0 Å². The number of aliphatic hydroxyl groups is 1. The fourth-order valence-electron chi connectivity index (χ4n) is 0.977. The van der Waals surface area contributed by atoms with Gasteiger partial charge in [0, 0.05) is 34.7 Å². The molecule has 0 amide bonds. The molecule has 8 heteroatoms. The van der Waals surface area contributed by atoms with Crippen LogP contribution in [0.5, 0.6) is 0 Å². The summed E-state index contributed by atoms with van der Waals surface area (Å²) in [6.45, 7) is 14.3. The van der Waals surface area contributed by atoms with Crippen molar-refractivity contribution in [1.82, 2.24) is 0 Å². The fourth-order valence-corrected chi connectivity index (χ4v) is 0.977. The minimum atomic E-state index is -0.211. The number of carbonyl (C=O) groups is 3. The molecule has 0 spiro atoms. The number of ether oxygens (including phenoxy) is 4. The quantitative estimate of drug-likeness (QED) is 0.440. The molecule has 0 aromatic rings. The molecule has 1 N–H and O–H groups in total. The second kappa shape index (κ2) is 41.0. The van der Waals surface area contributed by atoms with E-state index in [1.165, 1.54) is 27.7 Å². The molecule has 0 unspecified atom stereocenters. The van der Waals surface area contributed by atoms with E-state index in [2.05, 4.69) is 28.1 Å². The first-order chi connectivity index (χ1) is 13.6. The van der Waals surface area contributed by atoms with Gasteiger partial charge in [-0.2, -0.15) is 0 Å². The molecule has 0 aliphatic carbocycles. The molecule has 0 heterocycles. The molecular weight excluding hydrogens is 380 g/mol. The van der Waals surface area contributed by atoms with E-state index in [9.17, 15) is 14.4 Å². The summed E-state index contributed by atoms with van der Waals surface area (Å²) < 4.78 is 18.3. The lowest BCUT2D eigenvalue weighted by atomic mass is 10.4. The Labute approximate surface area is 178 Å². The van der Waals surface area contributed by atoms with Crippen molar-refractivity contribution in [3.8, 4) is 0 Å². The van der Waals surface area contributed by atoms with E-state index in [4.69, 9.17) is 9.84 Å². The second-order valence-corrected chi connectivity index (χ2v) is 5.62. The highest BCUT2D eigenvalue weighted by Gasteiger charge is 1.88. The Morgan fingerprint density at radius 2 is 1.10 bits per heavy atom. The van der Waals surface area contributed by atoms with Crippen molar-refractivity contribution < 1.29 is 38.4 Å². The summed E-state index contributed by atoms with van der Waals surface area (Å²) in [5, 5.41) is 8.24. The first kappa shape index (κ1) is 38.1. The summed E-state index contributed by atoms with van der Waals surface area (Å²) in [4.78, 5) is 29.4. The first-order valence-corrected chi connectivity index (χ1v) is 9.93. The Hall–Kier alpha value is -1.51. The van der Waals surface area contributed by atoms with Crippen LogP contribution < -0.4 is 0 Å². The maximum absolute atomic E-state index is 10.1. The Balaban J connectivity index is -0.0000000865. The highest BCUT2D eigenvalue weighted by molar-refractivity contribution is 5.72. The van der Waals surface area contributed by atoms with E-state index in [0.717, 1.165) is 32.3 Å². The van der Waals surface area contributed by atoms with E-state index >= 15 is 0 Å². The van der Waals surface area contributed by atoms with Crippen LogP contribution in [-0.4, -0.2) is 70.1 Å². The first-order valence-electron chi connectivity index (χ1n) is 9.93. The Morgan fingerprint density at radius 1 is 0.724 bits per heavy atom. The average molecular weight is 427 g/mol. The van der Waals surface area contributed by atoms with Crippen LogP contribution in [0.2, 0.25) is 0 Å². The van der Waals surface area contributed by atoms with Crippen molar-refractivity contribution in [2.24, 2.45) is 0 Å². The molecule has 0 aromatic heterocycles. The van der Waals surface area contributed by atoms with Gasteiger partial charge in [0.25, 0.3) is 0 Å². The highest BCUT2D eigenvalue weighted by atomic mass is 16.5. The average Bonchev–Trinajstić information content (AvgIpc) is 2.60. The van der Waals surface area contributed by atoms with Gasteiger partial charge in [-0.15, -0.1) is 0 Å². The summed E-state index contributed by atoms with van der Waals surface area (Å²) in [5.41, 5.74) is 0. The highest BCUT2D eigenvalue weighted by Crippen LogP contribution is 1.87. The SMILES string of the molecule is CC(C)=O.CCCCOC(C)=O.CCCCOCCO.CCOC(C)=O.COC. The summed E-state index contributed by atoms with van der Waals surface area (Å²) in [6.07, 6.45) is 4.30. The number of hydrogen-bond acceptors (Lipinski definition) is 8. The number of esters is 2. The number of hydrogen-bond donors (Lipinski definition) is 1. The van der Waals surface area contributed by atoms with Crippen LogP contribution in [0.25, 0.3) is 0 Å². The Kier molecular flexibility index (Phi) is 53.9. The number of methoxy groups -OCH3 is 1. The number of rotatable bonds is 9. The molecule has 0 saturated carbocycles. The van der Waals surface area contributed by atoms with Crippen LogP contribution in [-0.2, 0) is 33.3 Å². The van der Waals surface area contributed by atoms with Crippen molar-refractivity contribution in [1.29, 1.82) is 0 Å². The van der Waals surface area contributed by atoms with E-state index < -0.39 is 0 Å². The van der Waals surface area contributed by atoms with Gasteiger partial charge in [0.2, 0.25) is 0 Å². The summed E-state index contributed by atoms with van der Waals surface area (Å²) >= 11 is 0. The Morgan fingerprint density at radius 3 is 1.34 bits per heavy atom. The molecule has 178 valence electrons. The molecule has 8 nitrogen and oxygen atoms in total. The minimum Gasteiger partial charge on any atom is -0.466 e. The largest absolute Gasteiger partial charge is 0.466 e. The number of Topliss-reactive ketones (excluding diaryl/α,β-unsaturated/α-hetero) is 1. The lowest BCUT2D eigenvalue weighted by molar-refractivity contribution is -0.141. The van der Waals surface area contributed by atoms with Crippen molar-refractivity contribution in [3.63, 3.8) is 0 Å². The molecule has 29 heavy (non-hydrogen) atoms. The molecule has 0 rings (SSSR count). The van der Waals surface area contributed by atoms with Crippen LogP contribution in [0.15, 0.2) is 0 Å². The summed E-state index contributed by atoms with van der Waals surface area (Å²) in [5.74, 6) is -0.226. The maximum Gasteiger partial charge on any atom is 0.302 e. The molecule has 0 radical (unpaired) electrons. The van der Waals surface area contributed by atoms with Gasteiger partial charge < -0.3 is 28.8 Å². The van der Waals surface area contributed by atoms with Gasteiger partial charge in [-0.3, -0.25) is 9.59 Å². The van der Waals surface area contributed by atoms with Gasteiger partial charge >= 0.3 is 11.9 Å². The van der Waals surface area contributed by atoms with Crippen molar-refractivity contribution in [2.75, 3.05) is 47.3 Å². The summed E-state index contributed by atoms with van der Waals surface area (Å²) in [7, 11) is 3.25. The molecule has 0 saturated heterocycles. The van der Waals surface area contributed by atoms with E-state index in [1.54, 1.807) is 21.1 Å². The van der Waals surface area contributed by atoms with E-state index in [-0.39, 0.29) is 24.3 Å². The number of unbranched alkanes of at least 4 members (excludes halogenated alkanes) is 2. The third-order valence-corrected chi connectivity index (χ3v) is 2.03. The van der Waals surface area contributed by atoms with Crippen LogP contribution in [0.3, 0.4) is 0 Å². The molecule has 0 atom stereocenters. The van der Waals surface area contributed by atoms with Gasteiger partial charge in [0.1, 0.15) is 5.78 Å². The second-order valence-electron chi connectivity index (χ2n) is 5.62. The van der Waals surface area contributed by atoms with Crippen molar-refractivity contribution >= 4 is 17.7 Å². The molecule has 0 bridgehead atoms. The molecule has 0 aromatic carbocycles. The third kappa shape index (κ3) is 120. The van der Waals surface area contributed by atoms with Crippen LogP contribution >= 0.6 is 0 Å². The number of carbonyl (C=O) groups excluding carboxylic acids is 3. The minimum absolute atomic E-state index is 0.143. The number of aliphatic hydroxyl groups excluding tert-OH is 1. The van der Waals surface area contributed by atoms with Gasteiger partial charge in [-0.05, 0) is 33.6 Å². The monoisotopic (exact) mass is 426 g/mol. The lowest BCUT2D eigenvalue weighted by Gasteiger charge is -1.97. The topological polar surface area (TPSA) is 108 Å². The zero-order chi connectivity index (χ0) is 23.9. The van der Waals surface area contributed by atoms with Crippen LogP contribution in [0.1, 0.15) is 74.1 Å². The predicted molar refractivity (Wildman–Crippen MR) is 116 cm³/mol. The smallest absolute Gasteiger partial charge is 0.302 e. The fraction of sp³-hybridized carbons (Fsp3) is 0.857. The van der Waals surface area contributed by atoms with Gasteiger partial charge in [-0.25, -0.2) is 0 Å². The zero-order valence-corrected chi connectivity index (χ0v) is 20.2. The lowest BCUT2D eigenvalue weighted by Crippen LogP contribution is -1.99. The van der Waals surface area contributed by atoms with Gasteiger partial charge in [-0.1, -0.05) is 26.7 Å². The van der Waals surface area contributed by atoms with E-state index in [1.807, 2.05) is 0 Å². The summed E-state index contributed by atoms with van der Waals surface area (Å²) in [6, 6.07) is 0. The van der Waals surface area contributed by atoms with Crippen LogP contribution in [0, 0.1) is 0 Å². The third-order valence-electron chi connectivity index (χ3n) is 2.03. The molecule has 0 aliphatic heterocycles. The maximum atomic E-state index is 10.1. The zero-order valence-electron chi connectivity index (χ0n) is 20.2. The van der Waals surface area contributed by atoms with Gasteiger partial charge in [0.15, 0.2) is 0 Å². The van der Waals surface area contributed by atoms with Crippen molar-refractivity contribution in [3.05, 3.63) is 0 Å². The molecular formula is C21H46O8. The normalized spacial score (nSPS) is 8.21. The van der Waals surface area contributed by atoms with Crippen molar-refractivity contribution in [2.45, 2.75) is 74.1 Å². The number of ketones is 1. The Bertz CT molecular complexity index is 310. The predicted octanol–water partition coefficient (Wildman–Crippen LogP) is 3.57. The standard InChI is InChI=1S/C6H12O2.C6H14O2.C4H8O2.C3H6O.C2H6O/c1-3-4-5-8-6(2)7;1-2-3-5-8-6-4-7;1-3-6-4(2)5;1-3(2)4;1-3-2/h3-5H2,1-2H3;7H,2-6H2,1H3;3H2,1-2H3;1-2H3;1-2H3. The van der Waals surface area contributed by atoms with E-state index in [0.29, 0.717) is 19.8 Å².